The van der Waals surface area contributed by atoms with Crippen LogP contribution in [0.15, 0.2) is 90.0 Å². The van der Waals surface area contributed by atoms with Crippen molar-refractivity contribution in [2.45, 2.75) is 13.5 Å². The summed E-state index contributed by atoms with van der Waals surface area (Å²) >= 11 is 0. The van der Waals surface area contributed by atoms with Gasteiger partial charge >= 0.3 is 0 Å². The van der Waals surface area contributed by atoms with Gasteiger partial charge < -0.3 is 14.5 Å². The van der Waals surface area contributed by atoms with Crippen molar-refractivity contribution in [2.24, 2.45) is 7.05 Å². The number of rotatable bonds is 6. The quantitative estimate of drug-likeness (QED) is 0.422. The molecule has 5 rings (SSSR count). The number of carbonyl (C=O) groups is 1. The van der Waals surface area contributed by atoms with E-state index in [2.05, 4.69) is 10.3 Å². The fourth-order valence-electron chi connectivity index (χ4n) is 3.84. The maximum absolute atomic E-state index is 13.1. The van der Waals surface area contributed by atoms with Gasteiger partial charge in [0.25, 0.3) is 11.5 Å². The number of benzene rings is 2. The molecule has 2 aromatic carbocycles. The van der Waals surface area contributed by atoms with Gasteiger partial charge in [0.2, 0.25) is 0 Å². The SMILES string of the molecule is Cc1c(NC(=O)c2cccc(OCc3cn4ccccc4n3)c2)c(=O)n(-c2ccccc2)n1C. The van der Waals surface area contributed by atoms with Gasteiger partial charge in [-0.25, -0.2) is 9.67 Å². The number of hydrogen-bond acceptors (Lipinski definition) is 4. The first-order valence-electron chi connectivity index (χ1n) is 10.8. The number of ether oxygens (including phenoxy) is 1. The summed E-state index contributed by atoms with van der Waals surface area (Å²) in [4.78, 5) is 30.6. The van der Waals surface area contributed by atoms with Gasteiger partial charge in [-0.2, -0.15) is 0 Å². The molecule has 0 fully saturated rings. The van der Waals surface area contributed by atoms with Crippen molar-refractivity contribution in [1.82, 2.24) is 18.7 Å². The predicted molar refractivity (Wildman–Crippen MR) is 130 cm³/mol. The van der Waals surface area contributed by atoms with Gasteiger partial charge in [0.1, 0.15) is 23.7 Å². The number of aromatic nitrogens is 4. The third kappa shape index (κ3) is 3.97. The van der Waals surface area contributed by atoms with E-state index in [1.807, 2.05) is 65.3 Å². The molecule has 0 aliphatic rings. The molecule has 0 radical (unpaired) electrons. The van der Waals surface area contributed by atoms with Crippen LogP contribution in [0.25, 0.3) is 11.3 Å². The Morgan fingerprint density at radius 2 is 1.82 bits per heavy atom. The highest BCUT2D eigenvalue weighted by molar-refractivity contribution is 6.04. The second kappa shape index (κ2) is 8.74. The van der Waals surface area contributed by atoms with E-state index >= 15 is 0 Å². The molecule has 8 nitrogen and oxygen atoms in total. The number of amides is 1. The topological polar surface area (TPSA) is 82.6 Å². The normalized spacial score (nSPS) is 11.0. The molecule has 34 heavy (non-hydrogen) atoms. The molecule has 8 heteroatoms. The number of imidazole rings is 1. The number of fused-ring (bicyclic) bond motifs is 1. The molecular formula is C26H23N5O3. The number of para-hydroxylation sites is 1. The maximum Gasteiger partial charge on any atom is 0.295 e. The van der Waals surface area contributed by atoms with Gasteiger partial charge in [0, 0.05) is 25.0 Å². The summed E-state index contributed by atoms with van der Waals surface area (Å²) in [7, 11) is 1.78. The van der Waals surface area contributed by atoms with E-state index in [0.717, 1.165) is 17.0 Å². The molecule has 0 saturated carbocycles. The minimum atomic E-state index is -0.385. The Hall–Kier alpha value is -4.59. The highest BCUT2D eigenvalue weighted by atomic mass is 16.5. The number of pyridine rings is 1. The summed E-state index contributed by atoms with van der Waals surface area (Å²) in [5, 5.41) is 2.78. The lowest BCUT2D eigenvalue weighted by molar-refractivity contribution is 0.102. The smallest absolute Gasteiger partial charge is 0.295 e. The second-order valence-electron chi connectivity index (χ2n) is 7.91. The molecule has 5 aromatic rings. The van der Waals surface area contributed by atoms with Crippen LogP contribution in [0.1, 0.15) is 21.7 Å². The fourth-order valence-corrected chi connectivity index (χ4v) is 3.84. The van der Waals surface area contributed by atoms with Crippen LogP contribution < -0.4 is 15.6 Å². The fraction of sp³-hybridized carbons (Fsp3) is 0.115. The number of nitrogens with zero attached hydrogens (tertiary/aromatic N) is 4. The Labute approximate surface area is 195 Å². The molecule has 3 aromatic heterocycles. The zero-order valence-electron chi connectivity index (χ0n) is 18.8. The van der Waals surface area contributed by atoms with E-state index < -0.39 is 0 Å². The van der Waals surface area contributed by atoms with Crippen molar-refractivity contribution < 1.29 is 9.53 Å². The summed E-state index contributed by atoms with van der Waals surface area (Å²) in [6, 6.07) is 21.9. The van der Waals surface area contributed by atoms with Crippen molar-refractivity contribution in [2.75, 3.05) is 5.32 Å². The molecule has 0 atom stereocenters. The van der Waals surface area contributed by atoms with Gasteiger partial charge in [-0.15, -0.1) is 0 Å². The molecule has 1 N–H and O–H groups in total. The van der Waals surface area contributed by atoms with Crippen molar-refractivity contribution in [1.29, 1.82) is 0 Å². The summed E-state index contributed by atoms with van der Waals surface area (Å²) in [5.41, 5.74) is 3.34. The molecule has 0 spiro atoms. The van der Waals surface area contributed by atoms with E-state index in [0.29, 0.717) is 17.0 Å². The van der Waals surface area contributed by atoms with Gasteiger partial charge in [0.15, 0.2) is 0 Å². The minimum Gasteiger partial charge on any atom is -0.487 e. The average molecular weight is 454 g/mol. The standard InChI is InChI=1S/C26H23N5O3/c1-18-24(26(33)31(29(18)2)21-10-4-3-5-11-21)28-25(32)19-9-8-12-22(15-19)34-17-20-16-30-14-7-6-13-23(30)27-20/h3-16H,17H2,1-2H3,(H,28,32). The second-order valence-corrected chi connectivity index (χ2v) is 7.91. The summed E-state index contributed by atoms with van der Waals surface area (Å²) in [6.07, 6.45) is 3.83. The number of hydrogen-bond donors (Lipinski definition) is 1. The van der Waals surface area contributed by atoms with Gasteiger partial charge in [-0.1, -0.05) is 30.3 Å². The Bertz CT molecular complexity index is 1510. The predicted octanol–water partition coefficient (Wildman–Crippen LogP) is 3.96. The summed E-state index contributed by atoms with van der Waals surface area (Å²) in [5.74, 6) is 0.153. The Morgan fingerprint density at radius 3 is 2.62 bits per heavy atom. The highest BCUT2D eigenvalue weighted by Gasteiger charge is 2.19. The van der Waals surface area contributed by atoms with Crippen molar-refractivity contribution in [3.05, 3.63) is 112 Å². The Balaban J connectivity index is 1.34. The van der Waals surface area contributed by atoms with E-state index in [4.69, 9.17) is 4.74 Å². The third-order valence-electron chi connectivity index (χ3n) is 5.69. The van der Waals surface area contributed by atoms with Crippen LogP contribution in [-0.4, -0.2) is 24.7 Å². The van der Waals surface area contributed by atoms with Crippen molar-refractivity contribution >= 4 is 17.2 Å². The minimum absolute atomic E-state index is 0.243. The molecular weight excluding hydrogens is 430 g/mol. The molecule has 0 unspecified atom stereocenters. The molecule has 170 valence electrons. The van der Waals surface area contributed by atoms with Gasteiger partial charge in [0.05, 0.1) is 17.1 Å². The zero-order valence-corrected chi connectivity index (χ0v) is 18.8. The number of carbonyl (C=O) groups excluding carboxylic acids is 1. The average Bonchev–Trinajstić information content (AvgIpc) is 3.37. The molecule has 0 aliphatic heterocycles. The largest absolute Gasteiger partial charge is 0.487 e. The first-order chi connectivity index (χ1) is 16.5. The molecule has 0 bridgehead atoms. The molecule has 0 saturated heterocycles. The monoisotopic (exact) mass is 453 g/mol. The molecule has 3 heterocycles. The van der Waals surface area contributed by atoms with Crippen LogP contribution in [-0.2, 0) is 13.7 Å². The van der Waals surface area contributed by atoms with Crippen LogP contribution in [0.2, 0.25) is 0 Å². The van der Waals surface area contributed by atoms with E-state index in [1.54, 1.807) is 42.9 Å². The number of anilines is 1. The first kappa shape index (κ1) is 21.3. The third-order valence-corrected chi connectivity index (χ3v) is 5.69. The number of nitrogens with one attached hydrogen (secondary N) is 1. The van der Waals surface area contributed by atoms with Crippen LogP contribution in [0, 0.1) is 6.92 Å². The zero-order chi connectivity index (χ0) is 23.7. The van der Waals surface area contributed by atoms with E-state index in [9.17, 15) is 9.59 Å². The summed E-state index contributed by atoms with van der Waals surface area (Å²) < 4.78 is 11.0. The van der Waals surface area contributed by atoms with Gasteiger partial charge in [-0.05, 0) is 49.4 Å². The lowest BCUT2D eigenvalue weighted by atomic mass is 10.2. The first-order valence-corrected chi connectivity index (χ1v) is 10.8. The summed E-state index contributed by atoms with van der Waals surface area (Å²) in [6.45, 7) is 2.07. The van der Waals surface area contributed by atoms with Gasteiger partial charge in [-0.3, -0.25) is 14.3 Å². The maximum atomic E-state index is 13.1. The van der Waals surface area contributed by atoms with E-state index in [-0.39, 0.29) is 23.8 Å². The molecule has 0 aliphatic carbocycles. The lowest BCUT2D eigenvalue weighted by Gasteiger charge is -2.08. The Kier molecular flexibility index (Phi) is 5.47. The van der Waals surface area contributed by atoms with Crippen LogP contribution in [0.3, 0.4) is 0 Å². The molecule has 1 amide bonds. The highest BCUT2D eigenvalue weighted by Crippen LogP contribution is 2.18. The van der Waals surface area contributed by atoms with Crippen molar-refractivity contribution in [3.8, 4) is 11.4 Å². The Morgan fingerprint density at radius 1 is 1.03 bits per heavy atom. The van der Waals surface area contributed by atoms with Crippen LogP contribution >= 0.6 is 0 Å². The lowest BCUT2D eigenvalue weighted by Crippen LogP contribution is -2.23. The van der Waals surface area contributed by atoms with Crippen LogP contribution in [0.5, 0.6) is 5.75 Å². The van der Waals surface area contributed by atoms with Crippen molar-refractivity contribution in [3.63, 3.8) is 0 Å². The van der Waals surface area contributed by atoms with Crippen LogP contribution in [0.4, 0.5) is 5.69 Å². The van der Waals surface area contributed by atoms with E-state index in [1.165, 1.54) is 4.68 Å².